The Morgan fingerprint density at radius 1 is 1.00 bits per heavy atom. The SMILES string of the molecule is CC(C)(C)c1ccc(Cn2ccc3c(C=N)cccc32)cc1. The molecule has 1 aromatic heterocycles. The number of nitrogens with zero attached hydrogens (tertiary/aromatic N) is 1. The van der Waals surface area contributed by atoms with E-state index in [-0.39, 0.29) is 5.41 Å². The molecular weight excluding hydrogens is 268 g/mol. The van der Waals surface area contributed by atoms with Crippen LogP contribution in [0.15, 0.2) is 54.7 Å². The minimum atomic E-state index is 0.192. The first-order chi connectivity index (χ1) is 10.5. The van der Waals surface area contributed by atoms with Crippen LogP contribution in [-0.4, -0.2) is 10.8 Å². The fourth-order valence-corrected chi connectivity index (χ4v) is 2.82. The molecule has 0 atom stereocenters. The quantitative estimate of drug-likeness (QED) is 0.659. The molecule has 0 fully saturated rings. The van der Waals surface area contributed by atoms with Gasteiger partial charge in [0.15, 0.2) is 0 Å². The fourth-order valence-electron chi connectivity index (χ4n) is 2.82. The van der Waals surface area contributed by atoms with Crippen LogP contribution in [0.2, 0.25) is 0 Å². The molecule has 0 saturated carbocycles. The van der Waals surface area contributed by atoms with E-state index in [1.165, 1.54) is 22.9 Å². The number of rotatable bonds is 3. The average Bonchev–Trinajstić information content (AvgIpc) is 2.90. The van der Waals surface area contributed by atoms with Crippen molar-refractivity contribution in [1.82, 2.24) is 4.57 Å². The molecule has 1 N–H and O–H groups in total. The molecule has 3 aromatic rings. The predicted molar refractivity (Wildman–Crippen MR) is 94.1 cm³/mol. The van der Waals surface area contributed by atoms with Gasteiger partial charge in [0.1, 0.15) is 0 Å². The van der Waals surface area contributed by atoms with Crippen LogP contribution in [0, 0.1) is 5.41 Å². The van der Waals surface area contributed by atoms with E-state index < -0.39 is 0 Å². The largest absolute Gasteiger partial charge is 0.343 e. The Morgan fingerprint density at radius 3 is 2.36 bits per heavy atom. The molecule has 2 heteroatoms. The van der Waals surface area contributed by atoms with Crippen LogP contribution >= 0.6 is 0 Å². The molecule has 0 saturated heterocycles. The number of aromatic nitrogens is 1. The van der Waals surface area contributed by atoms with Crippen LogP contribution in [-0.2, 0) is 12.0 Å². The van der Waals surface area contributed by atoms with Crippen molar-refractivity contribution in [3.63, 3.8) is 0 Å². The van der Waals surface area contributed by atoms with Crippen molar-refractivity contribution < 1.29 is 0 Å². The Hall–Kier alpha value is -2.35. The van der Waals surface area contributed by atoms with Crippen LogP contribution in [0.5, 0.6) is 0 Å². The second-order valence-corrected chi connectivity index (χ2v) is 6.81. The van der Waals surface area contributed by atoms with Crippen LogP contribution in [0.1, 0.15) is 37.5 Å². The van der Waals surface area contributed by atoms with Gasteiger partial charge in [-0.2, -0.15) is 0 Å². The third-order valence-electron chi connectivity index (χ3n) is 4.18. The van der Waals surface area contributed by atoms with Crippen LogP contribution in [0.25, 0.3) is 10.9 Å². The highest BCUT2D eigenvalue weighted by atomic mass is 14.9. The van der Waals surface area contributed by atoms with Crippen molar-refractivity contribution in [3.8, 4) is 0 Å². The van der Waals surface area contributed by atoms with Gasteiger partial charge < -0.3 is 9.98 Å². The third kappa shape index (κ3) is 2.69. The summed E-state index contributed by atoms with van der Waals surface area (Å²) in [5.41, 5.74) is 5.00. The monoisotopic (exact) mass is 290 g/mol. The van der Waals surface area contributed by atoms with E-state index in [2.05, 4.69) is 67.9 Å². The van der Waals surface area contributed by atoms with Gasteiger partial charge in [0, 0.05) is 35.4 Å². The molecule has 22 heavy (non-hydrogen) atoms. The lowest BCUT2D eigenvalue weighted by Gasteiger charge is -2.19. The van der Waals surface area contributed by atoms with Gasteiger partial charge in [0.05, 0.1) is 0 Å². The smallest absolute Gasteiger partial charge is 0.0490 e. The number of nitrogens with one attached hydrogen (secondary N) is 1. The molecule has 0 amide bonds. The lowest BCUT2D eigenvalue weighted by molar-refractivity contribution is 0.590. The molecule has 0 aliphatic rings. The average molecular weight is 290 g/mol. The van der Waals surface area contributed by atoms with Gasteiger partial charge in [-0.05, 0) is 28.7 Å². The van der Waals surface area contributed by atoms with Crippen molar-refractivity contribution in [3.05, 3.63) is 71.4 Å². The van der Waals surface area contributed by atoms with Crippen LogP contribution in [0.3, 0.4) is 0 Å². The third-order valence-corrected chi connectivity index (χ3v) is 4.18. The van der Waals surface area contributed by atoms with E-state index >= 15 is 0 Å². The van der Waals surface area contributed by atoms with Gasteiger partial charge in [-0.3, -0.25) is 0 Å². The molecule has 3 rings (SSSR count). The number of hydrogen-bond donors (Lipinski definition) is 1. The van der Waals surface area contributed by atoms with Gasteiger partial charge in [0.2, 0.25) is 0 Å². The lowest BCUT2D eigenvalue weighted by atomic mass is 9.87. The molecular formula is C20H22N2. The molecule has 2 nitrogen and oxygen atoms in total. The fraction of sp³-hybridized carbons (Fsp3) is 0.250. The maximum absolute atomic E-state index is 7.50. The summed E-state index contributed by atoms with van der Waals surface area (Å²) in [6.07, 6.45) is 3.53. The van der Waals surface area contributed by atoms with Gasteiger partial charge in [-0.15, -0.1) is 0 Å². The van der Waals surface area contributed by atoms with E-state index in [9.17, 15) is 0 Å². The number of benzene rings is 2. The molecule has 0 bridgehead atoms. The van der Waals surface area contributed by atoms with Gasteiger partial charge in [0.25, 0.3) is 0 Å². The summed E-state index contributed by atoms with van der Waals surface area (Å²) in [6.45, 7) is 7.57. The molecule has 0 aliphatic carbocycles. The Bertz CT molecular complexity index is 802. The van der Waals surface area contributed by atoms with E-state index in [1.54, 1.807) is 0 Å². The molecule has 2 aromatic carbocycles. The molecule has 0 unspecified atom stereocenters. The summed E-state index contributed by atoms with van der Waals surface area (Å²) in [4.78, 5) is 0. The van der Waals surface area contributed by atoms with E-state index in [1.807, 2.05) is 12.1 Å². The summed E-state index contributed by atoms with van der Waals surface area (Å²) in [6, 6.07) is 17.1. The maximum atomic E-state index is 7.50. The first-order valence-electron chi connectivity index (χ1n) is 7.67. The summed E-state index contributed by atoms with van der Waals surface area (Å²) < 4.78 is 2.24. The highest BCUT2D eigenvalue weighted by Crippen LogP contribution is 2.24. The zero-order chi connectivity index (χ0) is 15.7. The predicted octanol–water partition coefficient (Wildman–Crippen LogP) is 4.98. The van der Waals surface area contributed by atoms with E-state index in [0.717, 1.165) is 17.5 Å². The highest BCUT2D eigenvalue weighted by molar-refractivity contribution is 5.97. The van der Waals surface area contributed by atoms with Crippen molar-refractivity contribution >= 4 is 17.1 Å². The second kappa shape index (κ2) is 5.45. The van der Waals surface area contributed by atoms with Crippen LogP contribution < -0.4 is 0 Å². The zero-order valence-corrected chi connectivity index (χ0v) is 13.4. The second-order valence-electron chi connectivity index (χ2n) is 6.81. The summed E-state index contributed by atoms with van der Waals surface area (Å²) in [5, 5.41) is 8.65. The highest BCUT2D eigenvalue weighted by Gasteiger charge is 2.13. The summed E-state index contributed by atoms with van der Waals surface area (Å²) in [7, 11) is 0. The van der Waals surface area contributed by atoms with Gasteiger partial charge >= 0.3 is 0 Å². The zero-order valence-electron chi connectivity index (χ0n) is 13.4. The van der Waals surface area contributed by atoms with Gasteiger partial charge in [-0.25, -0.2) is 0 Å². The topological polar surface area (TPSA) is 28.8 Å². The first-order valence-corrected chi connectivity index (χ1v) is 7.67. The van der Waals surface area contributed by atoms with Gasteiger partial charge in [-0.1, -0.05) is 57.2 Å². The molecule has 0 aliphatic heterocycles. The van der Waals surface area contributed by atoms with Crippen LogP contribution in [0.4, 0.5) is 0 Å². The van der Waals surface area contributed by atoms with Crippen molar-refractivity contribution in [1.29, 1.82) is 5.41 Å². The Labute approximate surface area is 131 Å². The first kappa shape index (κ1) is 14.6. The minimum absolute atomic E-state index is 0.192. The standard InChI is InChI=1S/C20H22N2/c1-20(2,3)17-9-7-15(8-10-17)14-22-12-11-18-16(13-21)5-4-6-19(18)22/h4-13,21H,14H2,1-3H3. The van der Waals surface area contributed by atoms with Crippen molar-refractivity contribution in [2.75, 3.05) is 0 Å². The normalized spacial score (nSPS) is 11.8. The lowest BCUT2D eigenvalue weighted by Crippen LogP contribution is -2.10. The molecule has 0 spiro atoms. The Kier molecular flexibility index (Phi) is 3.61. The molecule has 112 valence electrons. The van der Waals surface area contributed by atoms with Crippen molar-refractivity contribution in [2.24, 2.45) is 0 Å². The van der Waals surface area contributed by atoms with E-state index in [4.69, 9.17) is 5.41 Å². The maximum Gasteiger partial charge on any atom is 0.0490 e. The van der Waals surface area contributed by atoms with E-state index in [0.29, 0.717) is 0 Å². The summed E-state index contributed by atoms with van der Waals surface area (Å²) in [5.74, 6) is 0. The Morgan fingerprint density at radius 2 is 1.73 bits per heavy atom. The molecule has 0 radical (unpaired) electrons. The number of hydrogen-bond acceptors (Lipinski definition) is 1. The van der Waals surface area contributed by atoms with Crippen molar-refractivity contribution in [2.45, 2.75) is 32.7 Å². The summed E-state index contributed by atoms with van der Waals surface area (Å²) >= 11 is 0. The Balaban J connectivity index is 1.92. The number of fused-ring (bicyclic) bond motifs is 1. The molecule has 1 heterocycles. The minimum Gasteiger partial charge on any atom is -0.343 e.